The first-order valence-electron chi connectivity index (χ1n) is 11.6. The fourth-order valence-electron chi connectivity index (χ4n) is 4.65. The number of nitrogens with one attached hydrogen (secondary N) is 1. The first-order valence-corrected chi connectivity index (χ1v) is 13.5. The lowest BCUT2D eigenvalue weighted by Crippen LogP contribution is -2.50. The van der Waals surface area contributed by atoms with Gasteiger partial charge in [-0.1, -0.05) is 44.2 Å². The Kier molecular flexibility index (Phi) is 7.65. The van der Waals surface area contributed by atoms with E-state index in [0.29, 0.717) is 12.1 Å². The Balaban J connectivity index is 1.91. The monoisotopic (exact) mass is 456 g/mol. The van der Waals surface area contributed by atoms with Crippen molar-refractivity contribution in [3.05, 3.63) is 64.2 Å². The zero-order valence-electron chi connectivity index (χ0n) is 19.9. The van der Waals surface area contributed by atoms with Crippen LogP contribution in [0.15, 0.2) is 36.4 Å². The highest BCUT2D eigenvalue weighted by molar-refractivity contribution is 7.92. The minimum absolute atomic E-state index is 0.149. The molecule has 1 aliphatic rings. The van der Waals surface area contributed by atoms with Gasteiger partial charge in [-0.3, -0.25) is 9.10 Å². The number of nitrogens with zero attached hydrogens (tertiary/aromatic N) is 1. The van der Waals surface area contributed by atoms with E-state index in [2.05, 4.69) is 23.5 Å². The lowest BCUT2D eigenvalue weighted by Gasteiger charge is -2.32. The second-order valence-corrected chi connectivity index (χ2v) is 10.8. The van der Waals surface area contributed by atoms with E-state index in [1.54, 1.807) is 0 Å². The molecular weight excluding hydrogens is 420 g/mol. The normalized spacial score (nSPS) is 15.5. The molecule has 0 fully saturated rings. The summed E-state index contributed by atoms with van der Waals surface area (Å²) < 4.78 is 27.0. The highest BCUT2D eigenvalue weighted by Crippen LogP contribution is 2.29. The molecule has 174 valence electrons. The fourth-order valence-corrected chi connectivity index (χ4v) is 5.91. The fraction of sp³-hybridized carbons (Fsp3) is 0.500. The number of fused-ring (bicyclic) bond motifs is 1. The van der Waals surface area contributed by atoms with Crippen molar-refractivity contribution in [2.75, 3.05) is 10.6 Å². The molecule has 5 nitrogen and oxygen atoms in total. The van der Waals surface area contributed by atoms with Gasteiger partial charge in [0.25, 0.3) is 0 Å². The average Bonchev–Trinajstić information content (AvgIpc) is 2.76. The Labute approximate surface area is 193 Å². The predicted molar refractivity (Wildman–Crippen MR) is 132 cm³/mol. The summed E-state index contributed by atoms with van der Waals surface area (Å²) in [6.45, 7) is 7.70. The molecular formula is C26H36N2O3S. The van der Waals surface area contributed by atoms with Crippen molar-refractivity contribution < 1.29 is 13.2 Å². The summed E-state index contributed by atoms with van der Waals surface area (Å²) in [6, 6.07) is 11.3. The molecule has 0 unspecified atom stereocenters. The molecule has 0 bridgehead atoms. The van der Waals surface area contributed by atoms with Crippen molar-refractivity contribution in [1.29, 1.82) is 0 Å². The average molecular weight is 457 g/mol. The van der Waals surface area contributed by atoms with E-state index in [0.717, 1.165) is 36.0 Å². The van der Waals surface area contributed by atoms with Crippen LogP contribution in [0.5, 0.6) is 0 Å². The van der Waals surface area contributed by atoms with Gasteiger partial charge in [-0.2, -0.15) is 0 Å². The lowest BCUT2D eigenvalue weighted by molar-refractivity contribution is -0.123. The van der Waals surface area contributed by atoms with Gasteiger partial charge in [0.1, 0.15) is 6.04 Å². The van der Waals surface area contributed by atoms with Crippen molar-refractivity contribution in [1.82, 2.24) is 5.32 Å². The van der Waals surface area contributed by atoms with Gasteiger partial charge in [-0.15, -0.1) is 0 Å². The Morgan fingerprint density at radius 3 is 2.31 bits per heavy atom. The number of benzene rings is 2. The summed E-state index contributed by atoms with van der Waals surface area (Å²) in [6.07, 6.45) is 6.94. The molecule has 1 N–H and O–H groups in total. The van der Waals surface area contributed by atoms with E-state index >= 15 is 0 Å². The van der Waals surface area contributed by atoms with Gasteiger partial charge in [0.15, 0.2) is 0 Å². The van der Waals surface area contributed by atoms with Crippen molar-refractivity contribution in [2.24, 2.45) is 0 Å². The maximum absolute atomic E-state index is 13.4. The number of sulfonamides is 1. The van der Waals surface area contributed by atoms with Gasteiger partial charge in [-0.05, 0) is 86.3 Å². The number of hydrogen-bond acceptors (Lipinski definition) is 3. The summed E-state index contributed by atoms with van der Waals surface area (Å²) in [5, 5.41) is 3.15. The van der Waals surface area contributed by atoms with E-state index in [9.17, 15) is 13.2 Å². The van der Waals surface area contributed by atoms with Crippen LogP contribution < -0.4 is 9.62 Å². The number of carbonyl (C=O) groups excluding carboxylic acids is 1. The summed E-state index contributed by atoms with van der Waals surface area (Å²) in [5.74, 6) is -0.261. The van der Waals surface area contributed by atoms with E-state index in [4.69, 9.17) is 0 Å². The van der Waals surface area contributed by atoms with E-state index in [1.807, 2.05) is 45.9 Å². The molecule has 0 spiro atoms. The van der Waals surface area contributed by atoms with Crippen LogP contribution in [0.4, 0.5) is 5.69 Å². The highest BCUT2D eigenvalue weighted by Gasteiger charge is 2.33. The molecule has 0 aliphatic heterocycles. The van der Waals surface area contributed by atoms with Crippen LogP contribution >= 0.6 is 0 Å². The van der Waals surface area contributed by atoms with E-state index < -0.39 is 16.1 Å². The van der Waals surface area contributed by atoms with Gasteiger partial charge in [0.2, 0.25) is 15.9 Å². The van der Waals surface area contributed by atoms with Crippen molar-refractivity contribution in [2.45, 2.75) is 78.3 Å². The molecule has 0 saturated carbocycles. The van der Waals surface area contributed by atoms with Crippen LogP contribution in [0, 0.1) is 13.8 Å². The van der Waals surface area contributed by atoms with Crippen LogP contribution in [0.1, 0.15) is 73.4 Å². The molecule has 3 rings (SSSR count). The zero-order chi connectivity index (χ0) is 23.5. The summed E-state index contributed by atoms with van der Waals surface area (Å²) in [7, 11) is -3.66. The first-order chi connectivity index (χ1) is 15.2. The molecule has 0 heterocycles. The van der Waals surface area contributed by atoms with Crippen LogP contribution in [-0.2, 0) is 27.7 Å². The van der Waals surface area contributed by atoms with Crippen molar-refractivity contribution in [3.63, 3.8) is 0 Å². The van der Waals surface area contributed by atoms with Gasteiger partial charge in [-0.25, -0.2) is 8.42 Å². The van der Waals surface area contributed by atoms with Crippen LogP contribution in [-0.4, -0.2) is 26.6 Å². The third-order valence-electron chi connectivity index (χ3n) is 6.43. The van der Waals surface area contributed by atoms with Crippen LogP contribution in [0.2, 0.25) is 0 Å². The molecule has 2 aromatic carbocycles. The first kappa shape index (κ1) is 24.3. The molecule has 32 heavy (non-hydrogen) atoms. The topological polar surface area (TPSA) is 66.5 Å². The van der Waals surface area contributed by atoms with Crippen LogP contribution in [0.25, 0.3) is 0 Å². The lowest BCUT2D eigenvalue weighted by atomic mass is 9.88. The van der Waals surface area contributed by atoms with E-state index in [-0.39, 0.29) is 11.9 Å². The van der Waals surface area contributed by atoms with Crippen LogP contribution in [0.3, 0.4) is 0 Å². The Morgan fingerprint density at radius 1 is 1.00 bits per heavy atom. The number of anilines is 1. The van der Waals surface area contributed by atoms with E-state index in [1.165, 1.54) is 34.5 Å². The molecule has 0 saturated heterocycles. The van der Waals surface area contributed by atoms with Gasteiger partial charge in [0.05, 0.1) is 18.0 Å². The molecule has 2 aromatic rings. The third kappa shape index (κ3) is 5.34. The maximum atomic E-state index is 13.4. The largest absolute Gasteiger partial charge is 0.347 e. The smallest absolute Gasteiger partial charge is 0.244 e. The second kappa shape index (κ2) is 10.1. The minimum Gasteiger partial charge on any atom is -0.347 e. The number of hydrogen-bond donors (Lipinski definition) is 1. The molecule has 0 radical (unpaired) electrons. The molecule has 0 aromatic heterocycles. The summed E-state index contributed by atoms with van der Waals surface area (Å²) >= 11 is 0. The van der Waals surface area contributed by atoms with Gasteiger partial charge < -0.3 is 5.32 Å². The highest BCUT2D eigenvalue weighted by atomic mass is 32.2. The summed E-state index contributed by atoms with van der Waals surface area (Å²) in [4.78, 5) is 13.4. The third-order valence-corrected chi connectivity index (χ3v) is 7.60. The zero-order valence-corrected chi connectivity index (χ0v) is 20.8. The van der Waals surface area contributed by atoms with Crippen molar-refractivity contribution >= 4 is 21.6 Å². The maximum Gasteiger partial charge on any atom is 0.244 e. The standard InChI is InChI=1S/C26H36N2O3S/c1-6-23(22-15-14-20-10-8-9-11-21(20)17-22)27-26(29)24(7-2)28(32(5,30)31)25-16-18(3)12-13-19(25)4/h12-17,23-24H,6-11H2,1-5H3,(H,27,29)/t23-,24-/m1/s1. The summed E-state index contributed by atoms with van der Waals surface area (Å²) in [5.41, 5.74) is 6.22. The molecule has 2 atom stereocenters. The van der Waals surface area contributed by atoms with Crippen molar-refractivity contribution in [3.8, 4) is 0 Å². The molecule has 1 amide bonds. The number of rotatable bonds is 8. The Morgan fingerprint density at radius 2 is 1.69 bits per heavy atom. The second-order valence-electron chi connectivity index (χ2n) is 8.98. The van der Waals surface area contributed by atoms with Gasteiger partial charge >= 0.3 is 0 Å². The Hall–Kier alpha value is -2.34. The number of aryl methyl sites for hydroxylation is 4. The SMILES string of the molecule is CC[C@H](C(=O)N[C@H](CC)c1ccc2c(c1)CCCC2)N(c1cc(C)ccc1C)S(C)(=O)=O. The predicted octanol–water partition coefficient (Wildman–Crippen LogP) is 4.99. The minimum atomic E-state index is -3.66. The molecule has 6 heteroatoms. The van der Waals surface area contributed by atoms with Gasteiger partial charge in [0, 0.05) is 0 Å². The number of carbonyl (C=O) groups is 1. The number of amides is 1. The molecule has 1 aliphatic carbocycles. The quantitative estimate of drug-likeness (QED) is 0.608. The Bertz CT molecular complexity index is 1080.